The molecule has 2 aromatic carbocycles. The summed E-state index contributed by atoms with van der Waals surface area (Å²) >= 11 is 4.53. The Balaban J connectivity index is 2.24. The normalized spacial score (nSPS) is 10.3. The minimum atomic E-state index is -0.0708. The molecule has 0 saturated heterocycles. The van der Waals surface area contributed by atoms with Gasteiger partial charge in [0.05, 0.1) is 0 Å². The molecule has 0 heterocycles. The van der Waals surface area contributed by atoms with Crippen molar-refractivity contribution in [3.05, 3.63) is 60.2 Å². The van der Waals surface area contributed by atoms with Crippen LogP contribution >= 0.6 is 45.2 Å². The number of rotatable bonds is 2. The lowest BCUT2D eigenvalue weighted by Gasteiger charge is -2.10. The molecule has 0 radical (unpaired) electrons. The molecule has 2 aromatic rings. The van der Waals surface area contributed by atoms with E-state index in [0.717, 1.165) is 9.26 Å². The lowest BCUT2D eigenvalue weighted by Crippen LogP contribution is -2.12. The summed E-state index contributed by atoms with van der Waals surface area (Å²) in [5, 5.41) is 2.95. The van der Waals surface area contributed by atoms with E-state index in [-0.39, 0.29) is 5.91 Å². The standard InChI is InChI=1S/C15H13I2NO/c1-9-6-13(7-10(2)14(9)17)18-15(19)11-4-3-5-12(16)8-11/h3-8H,1-2H3,(H,18,19). The SMILES string of the molecule is Cc1cc(NC(=O)c2cccc(I)c2)cc(C)c1I. The van der Waals surface area contributed by atoms with Gasteiger partial charge in [0.1, 0.15) is 0 Å². The van der Waals surface area contributed by atoms with Crippen LogP contribution in [0.2, 0.25) is 0 Å². The van der Waals surface area contributed by atoms with Gasteiger partial charge in [0.2, 0.25) is 0 Å². The van der Waals surface area contributed by atoms with Gasteiger partial charge in [0.25, 0.3) is 5.91 Å². The van der Waals surface area contributed by atoms with E-state index in [1.165, 1.54) is 14.7 Å². The van der Waals surface area contributed by atoms with E-state index >= 15 is 0 Å². The molecule has 2 nitrogen and oxygen atoms in total. The Morgan fingerprint density at radius 1 is 1.05 bits per heavy atom. The number of carbonyl (C=O) groups is 1. The molecule has 0 bridgehead atoms. The van der Waals surface area contributed by atoms with Crippen molar-refractivity contribution in [3.8, 4) is 0 Å². The van der Waals surface area contributed by atoms with Crippen LogP contribution in [-0.2, 0) is 0 Å². The number of amides is 1. The topological polar surface area (TPSA) is 29.1 Å². The Hall–Kier alpha value is -0.630. The van der Waals surface area contributed by atoms with Crippen molar-refractivity contribution in [1.82, 2.24) is 0 Å². The summed E-state index contributed by atoms with van der Waals surface area (Å²) in [6.45, 7) is 4.10. The number of hydrogen-bond acceptors (Lipinski definition) is 1. The summed E-state index contributed by atoms with van der Waals surface area (Å²) in [7, 11) is 0. The number of halogens is 2. The predicted octanol–water partition coefficient (Wildman–Crippen LogP) is 4.76. The quantitative estimate of drug-likeness (QED) is 0.622. The Labute approximate surface area is 140 Å². The zero-order valence-electron chi connectivity index (χ0n) is 10.6. The highest BCUT2D eigenvalue weighted by Gasteiger charge is 2.08. The van der Waals surface area contributed by atoms with Crippen molar-refractivity contribution in [1.29, 1.82) is 0 Å². The maximum atomic E-state index is 12.2. The van der Waals surface area contributed by atoms with E-state index < -0.39 is 0 Å². The van der Waals surface area contributed by atoms with Crippen LogP contribution in [0, 0.1) is 21.0 Å². The third-order valence-electron chi connectivity index (χ3n) is 2.78. The number of aryl methyl sites for hydroxylation is 2. The molecule has 2 rings (SSSR count). The molecule has 1 N–H and O–H groups in total. The van der Waals surface area contributed by atoms with Crippen LogP contribution in [-0.4, -0.2) is 5.91 Å². The number of carbonyl (C=O) groups excluding carboxylic acids is 1. The number of benzene rings is 2. The van der Waals surface area contributed by atoms with Crippen LogP contribution in [0.4, 0.5) is 5.69 Å². The first kappa shape index (κ1) is 14.8. The minimum Gasteiger partial charge on any atom is -0.322 e. The lowest BCUT2D eigenvalue weighted by atomic mass is 10.1. The molecule has 19 heavy (non-hydrogen) atoms. The van der Waals surface area contributed by atoms with Crippen molar-refractivity contribution in [2.24, 2.45) is 0 Å². The molecule has 1 amide bonds. The first-order valence-electron chi connectivity index (χ1n) is 5.81. The third kappa shape index (κ3) is 3.68. The summed E-state index contributed by atoms with van der Waals surface area (Å²) in [5.74, 6) is -0.0708. The molecule has 0 aliphatic carbocycles. The van der Waals surface area contributed by atoms with Crippen molar-refractivity contribution in [3.63, 3.8) is 0 Å². The van der Waals surface area contributed by atoms with Gasteiger partial charge < -0.3 is 5.32 Å². The molecule has 0 fully saturated rings. The molecule has 0 saturated carbocycles. The predicted molar refractivity (Wildman–Crippen MR) is 95.7 cm³/mol. The van der Waals surface area contributed by atoms with Crippen molar-refractivity contribution >= 4 is 56.8 Å². The molecule has 0 aliphatic rings. The van der Waals surface area contributed by atoms with Gasteiger partial charge in [-0.25, -0.2) is 0 Å². The second kappa shape index (κ2) is 6.21. The van der Waals surface area contributed by atoms with E-state index in [1.807, 2.05) is 36.4 Å². The first-order chi connectivity index (χ1) is 8.97. The summed E-state index contributed by atoms with van der Waals surface area (Å²) in [4.78, 5) is 12.2. The molecular weight excluding hydrogens is 464 g/mol. The van der Waals surface area contributed by atoms with E-state index in [9.17, 15) is 4.79 Å². The average molecular weight is 477 g/mol. The minimum absolute atomic E-state index is 0.0708. The van der Waals surface area contributed by atoms with Crippen molar-refractivity contribution < 1.29 is 4.79 Å². The van der Waals surface area contributed by atoms with Gasteiger partial charge in [-0.1, -0.05) is 6.07 Å². The highest BCUT2D eigenvalue weighted by Crippen LogP contribution is 2.22. The number of hydrogen-bond donors (Lipinski definition) is 1. The Morgan fingerprint density at radius 2 is 1.68 bits per heavy atom. The number of nitrogens with one attached hydrogen (secondary N) is 1. The molecule has 98 valence electrons. The van der Waals surface area contributed by atoms with Gasteiger partial charge in [-0.05, 0) is 100 Å². The third-order valence-corrected chi connectivity index (χ3v) is 5.15. The zero-order chi connectivity index (χ0) is 14.0. The largest absolute Gasteiger partial charge is 0.322 e. The highest BCUT2D eigenvalue weighted by molar-refractivity contribution is 14.1. The van der Waals surface area contributed by atoms with Crippen LogP contribution in [0.15, 0.2) is 36.4 Å². The Bertz CT molecular complexity index is 615. The van der Waals surface area contributed by atoms with Crippen LogP contribution < -0.4 is 5.32 Å². The Morgan fingerprint density at radius 3 is 2.26 bits per heavy atom. The highest BCUT2D eigenvalue weighted by atomic mass is 127. The van der Waals surface area contributed by atoms with Crippen molar-refractivity contribution in [2.75, 3.05) is 5.32 Å². The van der Waals surface area contributed by atoms with Gasteiger partial charge in [-0.15, -0.1) is 0 Å². The summed E-state index contributed by atoms with van der Waals surface area (Å²) in [5.41, 5.74) is 3.89. The first-order valence-corrected chi connectivity index (χ1v) is 7.97. The average Bonchev–Trinajstić information content (AvgIpc) is 2.36. The second-order valence-corrected chi connectivity index (χ2v) is 6.71. The molecule has 4 heteroatoms. The van der Waals surface area contributed by atoms with Gasteiger partial charge in [0, 0.05) is 18.4 Å². The van der Waals surface area contributed by atoms with Crippen LogP contribution in [0.5, 0.6) is 0 Å². The van der Waals surface area contributed by atoms with E-state index in [2.05, 4.69) is 64.3 Å². The second-order valence-electron chi connectivity index (χ2n) is 4.39. The summed E-state index contributed by atoms with van der Waals surface area (Å²) in [6.07, 6.45) is 0. The van der Waals surface area contributed by atoms with E-state index in [1.54, 1.807) is 0 Å². The Kier molecular flexibility index (Phi) is 4.83. The monoisotopic (exact) mass is 477 g/mol. The molecule has 0 aliphatic heterocycles. The van der Waals surface area contributed by atoms with Crippen LogP contribution in [0.25, 0.3) is 0 Å². The molecule has 0 unspecified atom stereocenters. The molecule has 0 atom stereocenters. The lowest BCUT2D eigenvalue weighted by molar-refractivity contribution is 0.102. The van der Waals surface area contributed by atoms with E-state index in [0.29, 0.717) is 5.56 Å². The fourth-order valence-electron chi connectivity index (χ4n) is 1.85. The maximum Gasteiger partial charge on any atom is 0.255 e. The fourth-order valence-corrected chi connectivity index (χ4v) is 2.71. The number of anilines is 1. The summed E-state index contributed by atoms with van der Waals surface area (Å²) in [6, 6.07) is 11.6. The molecule has 0 aromatic heterocycles. The summed E-state index contributed by atoms with van der Waals surface area (Å²) < 4.78 is 2.30. The van der Waals surface area contributed by atoms with Gasteiger partial charge in [0.15, 0.2) is 0 Å². The maximum absolute atomic E-state index is 12.2. The van der Waals surface area contributed by atoms with Gasteiger partial charge >= 0.3 is 0 Å². The van der Waals surface area contributed by atoms with Crippen LogP contribution in [0.3, 0.4) is 0 Å². The van der Waals surface area contributed by atoms with Gasteiger partial charge in [-0.2, -0.15) is 0 Å². The smallest absolute Gasteiger partial charge is 0.255 e. The van der Waals surface area contributed by atoms with E-state index in [4.69, 9.17) is 0 Å². The molecular formula is C15H13I2NO. The van der Waals surface area contributed by atoms with Crippen LogP contribution in [0.1, 0.15) is 21.5 Å². The molecule has 0 spiro atoms. The fraction of sp³-hybridized carbons (Fsp3) is 0.133. The van der Waals surface area contributed by atoms with Crippen molar-refractivity contribution in [2.45, 2.75) is 13.8 Å². The van der Waals surface area contributed by atoms with Gasteiger partial charge in [-0.3, -0.25) is 4.79 Å². The zero-order valence-corrected chi connectivity index (χ0v) is 14.9.